The molecule has 7 nitrogen and oxygen atoms in total. The first-order chi connectivity index (χ1) is 13.1. The number of aliphatic hydroxyl groups is 1. The number of aromatic nitrogens is 1. The molecule has 3 N–H and O–H groups in total. The molecule has 3 rings (SSSR count). The summed E-state index contributed by atoms with van der Waals surface area (Å²) in [4.78, 5) is 12.4. The first kappa shape index (κ1) is 21.4. The molecule has 1 aliphatic rings. The predicted molar refractivity (Wildman–Crippen MR) is 120 cm³/mol. The van der Waals surface area contributed by atoms with E-state index in [1.807, 2.05) is 6.07 Å². The zero-order valence-electron chi connectivity index (χ0n) is 15.4. The fourth-order valence-electron chi connectivity index (χ4n) is 3.09. The summed E-state index contributed by atoms with van der Waals surface area (Å²) in [5.74, 6) is 0.294. The predicted octanol–water partition coefficient (Wildman–Crippen LogP) is 3.35. The number of hydrogen-bond donors (Lipinski definition) is 3. The van der Waals surface area contributed by atoms with Crippen molar-refractivity contribution in [3.63, 3.8) is 0 Å². The van der Waals surface area contributed by atoms with Gasteiger partial charge in [-0.3, -0.25) is 14.1 Å². The molecular weight excluding hydrogens is 517 g/mol. The van der Waals surface area contributed by atoms with E-state index in [0.29, 0.717) is 34.9 Å². The van der Waals surface area contributed by atoms with Gasteiger partial charge >= 0.3 is 0 Å². The molecule has 28 heavy (non-hydrogen) atoms. The Morgan fingerprint density at radius 1 is 1.29 bits per heavy atom. The van der Waals surface area contributed by atoms with Crippen LogP contribution in [0.4, 0.5) is 17.2 Å². The van der Waals surface area contributed by atoms with E-state index in [1.54, 1.807) is 26.1 Å². The van der Waals surface area contributed by atoms with Gasteiger partial charge in [-0.05, 0) is 73.0 Å². The quantitative estimate of drug-likeness (QED) is 0.471. The number of benzene rings is 1. The Hall–Kier alpha value is -1.30. The monoisotopic (exact) mass is 537 g/mol. The third-order valence-electron chi connectivity index (χ3n) is 4.97. The average Bonchev–Trinajstić information content (AvgIpc) is 3.40. The second-order valence-corrected chi connectivity index (χ2v) is 10.7. The maximum absolute atomic E-state index is 12.9. The summed E-state index contributed by atoms with van der Waals surface area (Å²) >= 11 is 8.43. The van der Waals surface area contributed by atoms with E-state index < -0.39 is 14.8 Å². The summed E-state index contributed by atoms with van der Waals surface area (Å²) in [5, 5.41) is 12.8. The highest BCUT2D eigenvalue weighted by molar-refractivity contribution is 14.1. The molecule has 0 unspecified atom stereocenters. The van der Waals surface area contributed by atoms with Gasteiger partial charge in [-0.25, -0.2) is 8.42 Å². The topological polar surface area (TPSA) is 100 Å². The zero-order valence-corrected chi connectivity index (χ0v) is 19.2. The highest BCUT2D eigenvalue weighted by atomic mass is 127. The highest BCUT2D eigenvalue weighted by Crippen LogP contribution is 2.47. The van der Waals surface area contributed by atoms with Crippen LogP contribution < -0.4 is 15.6 Å². The molecule has 10 heteroatoms. The smallest absolute Gasteiger partial charge is 0.254 e. The Morgan fingerprint density at radius 3 is 2.54 bits per heavy atom. The van der Waals surface area contributed by atoms with Crippen LogP contribution in [0, 0.1) is 10.5 Å². The molecule has 1 heterocycles. The molecule has 1 aromatic carbocycles. The summed E-state index contributed by atoms with van der Waals surface area (Å²) < 4.78 is 29.8. The fraction of sp³-hybridized carbons (Fsp3) is 0.389. The lowest BCUT2D eigenvalue weighted by molar-refractivity contribution is 0.283. The van der Waals surface area contributed by atoms with Gasteiger partial charge in [0.1, 0.15) is 5.82 Å². The molecule has 1 aromatic heterocycles. The molecule has 0 aliphatic heterocycles. The molecule has 0 atom stereocenters. The minimum absolute atomic E-state index is 0.179. The van der Waals surface area contributed by atoms with Crippen molar-refractivity contribution in [2.45, 2.75) is 30.9 Å². The first-order valence-corrected chi connectivity index (χ1v) is 11.6. The molecule has 0 amide bonds. The van der Waals surface area contributed by atoms with Crippen molar-refractivity contribution in [2.24, 2.45) is 7.05 Å². The summed E-state index contributed by atoms with van der Waals surface area (Å²) in [6.45, 7) is 1.43. The van der Waals surface area contributed by atoms with Crippen molar-refractivity contribution >= 4 is 61.4 Å². The van der Waals surface area contributed by atoms with E-state index in [1.165, 1.54) is 10.6 Å². The Labute approximate surface area is 182 Å². The number of hydrogen-bond acceptors (Lipinski definition) is 5. The fourth-order valence-corrected chi connectivity index (χ4v) is 5.65. The van der Waals surface area contributed by atoms with Crippen LogP contribution >= 0.6 is 34.2 Å². The maximum atomic E-state index is 12.9. The standard InChI is InChI=1S/C18H21ClIN3O4S/c1-11-9-15(22-28(26,27)18(5-6-18)7-8-24)16(23(2)17(11)25)21-14-4-3-12(20)10-13(14)19/h3-4,9-10,21-22,24H,5-8H2,1-2H3. The van der Waals surface area contributed by atoms with Crippen molar-refractivity contribution < 1.29 is 13.5 Å². The Morgan fingerprint density at radius 2 is 1.96 bits per heavy atom. The minimum atomic E-state index is -3.74. The van der Waals surface area contributed by atoms with Crippen LogP contribution in [-0.2, 0) is 17.1 Å². The van der Waals surface area contributed by atoms with Gasteiger partial charge in [0.25, 0.3) is 5.56 Å². The Balaban J connectivity index is 2.05. The molecule has 0 spiro atoms. The third kappa shape index (κ3) is 4.03. The summed E-state index contributed by atoms with van der Waals surface area (Å²) in [5.41, 5.74) is 0.978. The van der Waals surface area contributed by atoms with E-state index in [0.717, 1.165) is 3.57 Å². The van der Waals surface area contributed by atoms with Crippen LogP contribution in [0.1, 0.15) is 24.8 Å². The van der Waals surface area contributed by atoms with Crippen molar-refractivity contribution in [3.8, 4) is 0 Å². The van der Waals surface area contributed by atoms with E-state index in [2.05, 4.69) is 32.6 Å². The van der Waals surface area contributed by atoms with Crippen molar-refractivity contribution in [2.75, 3.05) is 16.6 Å². The van der Waals surface area contributed by atoms with Crippen LogP contribution in [0.2, 0.25) is 5.02 Å². The number of anilines is 3. The Kier molecular flexibility index (Phi) is 6.00. The van der Waals surface area contributed by atoms with E-state index >= 15 is 0 Å². The number of nitrogens with one attached hydrogen (secondary N) is 2. The normalized spacial score (nSPS) is 15.3. The maximum Gasteiger partial charge on any atom is 0.254 e. The molecule has 1 saturated carbocycles. The van der Waals surface area contributed by atoms with Crippen LogP contribution in [0.3, 0.4) is 0 Å². The van der Waals surface area contributed by atoms with Crippen LogP contribution in [-0.4, -0.2) is 29.4 Å². The second-order valence-electron chi connectivity index (χ2n) is 6.97. The largest absolute Gasteiger partial charge is 0.396 e. The van der Waals surface area contributed by atoms with Crippen LogP contribution in [0.5, 0.6) is 0 Å². The molecular formula is C18H21ClIN3O4S. The van der Waals surface area contributed by atoms with E-state index in [-0.39, 0.29) is 24.3 Å². The Bertz CT molecular complexity index is 1080. The lowest BCUT2D eigenvalue weighted by Crippen LogP contribution is -2.32. The van der Waals surface area contributed by atoms with Crippen molar-refractivity contribution in [1.82, 2.24) is 4.57 Å². The number of sulfonamides is 1. The summed E-state index contributed by atoms with van der Waals surface area (Å²) in [6.07, 6.45) is 1.18. The number of pyridine rings is 1. The van der Waals surface area contributed by atoms with E-state index in [4.69, 9.17) is 11.6 Å². The molecule has 2 aromatic rings. The second kappa shape index (κ2) is 7.85. The van der Waals surface area contributed by atoms with Gasteiger partial charge in [0, 0.05) is 22.8 Å². The molecule has 152 valence electrons. The van der Waals surface area contributed by atoms with Gasteiger partial charge in [-0.15, -0.1) is 0 Å². The average molecular weight is 538 g/mol. The lowest BCUT2D eigenvalue weighted by Gasteiger charge is -2.21. The summed E-state index contributed by atoms with van der Waals surface area (Å²) in [7, 11) is -2.18. The molecule has 1 aliphatic carbocycles. The molecule has 0 radical (unpaired) electrons. The van der Waals surface area contributed by atoms with Crippen LogP contribution in [0.15, 0.2) is 29.1 Å². The first-order valence-electron chi connectivity index (χ1n) is 8.66. The summed E-state index contributed by atoms with van der Waals surface area (Å²) in [6, 6.07) is 6.89. The highest BCUT2D eigenvalue weighted by Gasteiger charge is 2.54. The lowest BCUT2D eigenvalue weighted by atomic mass is 10.2. The van der Waals surface area contributed by atoms with Crippen molar-refractivity contribution in [3.05, 3.63) is 48.8 Å². The minimum Gasteiger partial charge on any atom is -0.396 e. The van der Waals surface area contributed by atoms with Gasteiger partial charge in [-0.2, -0.15) is 0 Å². The van der Waals surface area contributed by atoms with E-state index in [9.17, 15) is 18.3 Å². The third-order valence-corrected chi connectivity index (χ3v) is 8.19. The van der Waals surface area contributed by atoms with Crippen LogP contribution in [0.25, 0.3) is 0 Å². The number of halogens is 2. The van der Waals surface area contributed by atoms with Gasteiger partial charge in [0.2, 0.25) is 10.0 Å². The number of rotatable bonds is 7. The number of aliphatic hydroxyl groups excluding tert-OH is 1. The zero-order chi connectivity index (χ0) is 20.7. The molecule has 1 fully saturated rings. The van der Waals surface area contributed by atoms with Gasteiger partial charge in [0.15, 0.2) is 0 Å². The van der Waals surface area contributed by atoms with Crippen molar-refractivity contribution in [1.29, 1.82) is 0 Å². The van der Waals surface area contributed by atoms with Gasteiger partial charge < -0.3 is 10.4 Å². The van der Waals surface area contributed by atoms with Gasteiger partial charge in [-0.1, -0.05) is 11.6 Å². The van der Waals surface area contributed by atoms with Gasteiger partial charge in [0.05, 0.1) is 21.1 Å². The molecule has 0 saturated heterocycles. The molecule has 0 bridgehead atoms. The SMILES string of the molecule is Cc1cc(NS(=O)(=O)C2(CCO)CC2)c(Nc2ccc(I)cc2Cl)n(C)c1=O. The number of aryl methyl sites for hydroxylation is 1. The number of nitrogens with zero attached hydrogens (tertiary/aromatic N) is 1.